The predicted molar refractivity (Wildman–Crippen MR) is 164 cm³/mol. The lowest BCUT2D eigenvalue weighted by Gasteiger charge is -2.20. The van der Waals surface area contributed by atoms with E-state index < -0.39 is 12.4 Å². The number of hydrogen-bond acceptors (Lipinski definition) is 9. The van der Waals surface area contributed by atoms with Crippen LogP contribution in [0.5, 0.6) is 17.5 Å². The van der Waals surface area contributed by atoms with E-state index in [-0.39, 0.29) is 41.8 Å². The van der Waals surface area contributed by atoms with Gasteiger partial charge in [-0.1, -0.05) is 23.9 Å². The Morgan fingerprint density at radius 3 is 2.52 bits per heavy atom. The van der Waals surface area contributed by atoms with Gasteiger partial charge in [0.1, 0.15) is 24.4 Å². The number of benzene rings is 3. The number of nitrogens with one attached hydrogen (secondary N) is 1. The van der Waals surface area contributed by atoms with Crippen LogP contribution in [0.4, 0.5) is 29.3 Å². The number of hydrogen-bond donors (Lipinski definition) is 1. The Balaban J connectivity index is 1.23. The number of amides is 3. The molecule has 1 saturated heterocycles. The number of carbonyl (C=O) groups is 2. The maximum absolute atomic E-state index is 12.9. The zero-order valence-electron chi connectivity index (χ0n) is 24.7. The molecule has 46 heavy (non-hydrogen) atoms. The number of alkyl halides is 3. The van der Waals surface area contributed by atoms with Crippen LogP contribution < -0.4 is 24.4 Å². The molecule has 0 saturated carbocycles. The van der Waals surface area contributed by atoms with Crippen LogP contribution in [-0.4, -0.2) is 58.2 Å². The average Bonchev–Trinajstić information content (AvgIpc) is 3.63. The zero-order chi connectivity index (χ0) is 32.8. The Kier molecular flexibility index (Phi) is 9.77. The number of aryl methyl sites for hydroxylation is 1. The molecule has 2 heterocycles. The summed E-state index contributed by atoms with van der Waals surface area (Å²) < 4.78 is 58.9. The smallest absolute Gasteiger partial charge is 0.496 e. The molecule has 0 radical (unpaired) electrons. The second-order valence-corrected chi connectivity index (χ2v) is 10.7. The summed E-state index contributed by atoms with van der Waals surface area (Å²) in [4.78, 5) is 35.4. The highest BCUT2D eigenvalue weighted by Gasteiger charge is 2.32. The van der Waals surface area contributed by atoms with Gasteiger partial charge in [-0.15, -0.1) is 18.3 Å². The van der Waals surface area contributed by atoms with Gasteiger partial charge in [0.15, 0.2) is 5.17 Å². The number of thioether (sulfide) groups is 1. The van der Waals surface area contributed by atoms with Crippen LogP contribution in [0.1, 0.15) is 16.7 Å². The van der Waals surface area contributed by atoms with Crippen molar-refractivity contribution in [1.82, 2.24) is 14.8 Å². The van der Waals surface area contributed by atoms with Crippen LogP contribution in [-0.2, 0) is 22.7 Å². The van der Waals surface area contributed by atoms with Gasteiger partial charge >= 0.3 is 18.4 Å². The molecule has 0 unspecified atom stereocenters. The minimum absolute atomic E-state index is 0.0100. The maximum Gasteiger partial charge on any atom is 0.573 e. The third kappa shape index (κ3) is 7.94. The van der Waals surface area contributed by atoms with E-state index in [4.69, 9.17) is 14.2 Å². The number of aliphatic imine (C=N–C) groups is 1. The summed E-state index contributed by atoms with van der Waals surface area (Å²) in [6.45, 7) is 2.21. The molecule has 12 nitrogen and oxygen atoms in total. The number of carbonyl (C=O) groups excluding carboxylic acids is 2. The van der Waals surface area contributed by atoms with Crippen molar-refractivity contribution >= 4 is 40.2 Å². The van der Waals surface area contributed by atoms with Crippen LogP contribution in [0.25, 0.3) is 5.69 Å². The highest BCUT2D eigenvalue weighted by Crippen LogP contribution is 2.32. The first-order chi connectivity index (χ1) is 22.0. The third-order valence-corrected chi connectivity index (χ3v) is 7.37. The van der Waals surface area contributed by atoms with Gasteiger partial charge in [0, 0.05) is 30.0 Å². The lowest BCUT2D eigenvalue weighted by Crippen LogP contribution is -2.31. The third-order valence-electron chi connectivity index (χ3n) is 6.44. The minimum atomic E-state index is -4.79. The Labute approximate surface area is 265 Å². The van der Waals surface area contributed by atoms with Crippen molar-refractivity contribution < 1.29 is 41.7 Å². The molecule has 1 fully saturated rings. The molecule has 0 bridgehead atoms. The van der Waals surface area contributed by atoms with Crippen molar-refractivity contribution in [3.05, 3.63) is 83.7 Å². The Hall–Kier alpha value is -5.09. The first kappa shape index (κ1) is 32.3. The molecule has 1 N–H and O–H groups in total. The number of ether oxygens (including phenoxy) is 4. The summed E-state index contributed by atoms with van der Waals surface area (Å²) >= 11 is 1.17. The van der Waals surface area contributed by atoms with Crippen molar-refractivity contribution in [3.8, 4) is 23.2 Å². The molecule has 0 atom stereocenters. The van der Waals surface area contributed by atoms with Crippen LogP contribution in [0.3, 0.4) is 0 Å². The van der Waals surface area contributed by atoms with Crippen molar-refractivity contribution in [2.45, 2.75) is 26.5 Å². The summed E-state index contributed by atoms with van der Waals surface area (Å²) in [5.74, 6) is -0.00889. The highest BCUT2D eigenvalue weighted by molar-refractivity contribution is 8.15. The highest BCUT2D eigenvalue weighted by atomic mass is 32.2. The van der Waals surface area contributed by atoms with Crippen LogP contribution in [0.15, 0.2) is 72.0 Å². The summed E-state index contributed by atoms with van der Waals surface area (Å²) in [5, 5.41) is 7.13. The minimum Gasteiger partial charge on any atom is -0.496 e. The van der Waals surface area contributed by atoms with Crippen molar-refractivity contribution in [1.29, 1.82) is 0 Å². The molecule has 1 aliphatic heterocycles. The molecule has 0 spiro atoms. The number of methoxy groups -OCH3 is 2. The number of amidine groups is 1. The van der Waals surface area contributed by atoms with Gasteiger partial charge < -0.3 is 24.3 Å². The number of halogens is 3. The van der Waals surface area contributed by atoms with E-state index in [0.29, 0.717) is 28.4 Å². The van der Waals surface area contributed by atoms with Gasteiger partial charge in [-0.3, -0.25) is 9.69 Å². The SMILES string of the molecule is COCc1ccc(C)cc1N1C(=O)CSC1=NC(=O)Nc1ccc(COc2ncn(-c3ccc(OC(F)(F)F)cc3)n2)c(OC)c1. The standard InChI is InChI=1S/C30H27F3N6O6S/c1-18-4-5-19(14-42-2)24(12-18)39-26(40)16-46-29(39)36-27(41)35-21-7-6-20(25(13-21)43-3)15-44-28-34-17-38(37-28)22-8-10-23(11-9-22)45-30(31,32)33/h4-13,17H,14-16H2,1-3H3,(H,35,41). The Morgan fingerprint density at radius 1 is 1.04 bits per heavy atom. The Bertz CT molecular complexity index is 1760. The van der Waals surface area contributed by atoms with E-state index in [9.17, 15) is 22.8 Å². The first-order valence-electron chi connectivity index (χ1n) is 13.5. The van der Waals surface area contributed by atoms with Crippen molar-refractivity contribution in [3.63, 3.8) is 0 Å². The molecular formula is C30H27F3N6O6S. The second-order valence-electron chi connectivity index (χ2n) is 9.74. The van der Waals surface area contributed by atoms with Gasteiger partial charge in [-0.05, 0) is 55.0 Å². The number of nitrogens with zero attached hydrogens (tertiary/aromatic N) is 5. The molecule has 0 aliphatic carbocycles. The number of aromatic nitrogens is 3. The molecule has 3 amide bonds. The Morgan fingerprint density at radius 2 is 1.80 bits per heavy atom. The van der Waals surface area contributed by atoms with E-state index in [0.717, 1.165) is 23.3 Å². The lowest BCUT2D eigenvalue weighted by molar-refractivity contribution is -0.274. The van der Waals surface area contributed by atoms with Gasteiger partial charge in [-0.25, -0.2) is 9.48 Å². The quantitative estimate of drug-likeness (QED) is 0.223. The van der Waals surface area contributed by atoms with Gasteiger partial charge in [0.2, 0.25) is 5.91 Å². The van der Waals surface area contributed by atoms with Crippen LogP contribution >= 0.6 is 11.8 Å². The number of rotatable bonds is 10. The first-order valence-corrected chi connectivity index (χ1v) is 14.5. The average molecular weight is 657 g/mol. The van der Waals surface area contributed by atoms with Gasteiger partial charge in [-0.2, -0.15) is 9.98 Å². The van der Waals surface area contributed by atoms with Crippen LogP contribution in [0, 0.1) is 6.92 Å². The molecule has 4 aromatic rings. The number of urea groups is 1. The predicted octanol–water partition coefficient (Wildman–Crippen LogP) is 5.88. The van der Waals surface area contributed by atoms with Gasteiger partial charge in [0.25, 0.3) is 0 Å². The van der Waals surface area contributed by atoms with Crippen LogP contribution in [0.2, 0.25) is 0 Å². The molecular weight excluding hydrogens is 629 g/mol. The van der Waals surface area contributed by atoms with E-state index in [2.05, 4.69) is 25.1 Å². The topological polar surface area (TPSA) is 129 Å². The maximum atomic E-state index is 12.9. The van der Waals surface area contributed by atoms with Gasteiger partial charge in [0.05, 0.1) is 30.8 Å². The molecule has 240 valence electrons. The fourth-order valence-corrected chi connectivity index (χ4v) is 5.26. The molecule has 5 rings (SSSR count). The number of anilines is 2. The summed E-state index contributed by atoms with van der Waals surface area (Å²) in [5.41, 5.74) is 3.79. The molecule has 1 aliphatic rings. The monoisotopic (exact) mass is 656 g/mol. The zero-order valence-corrected chi connectivity index (χ0v) is 25.5. The van der Waals surface area contributed by atoms with E-state index in [1.54, 1.807) is 25.3 Å². The van der Waals surface area contributed by atoms with E-state index in [1.165, 1.54) is 46.9 Å². The summed E-state index contributed by atoms with van der Waals surface area (Å²) in [6, 6.07) is 15.0. The molecule has 3 aromatic carbocycles. The second kappa shape index (κ2) is 13.9. The normalized spacial score (nSPS) is 14.1. The fraction of sp³-hybridized carbons (Fsp3) is 0.233. The summed E-state index contributed by atoms with van der Waals surface area (Å²) in [7, 11) is 3.02. The molecule has 16 heteroatoms. The van der Waals surface area contributed by atoms with Crippen molar-refractivity contribution in [2.24, 2.45) is 4.99 Å². The summed E-state index contributed by atoms with van der Waals surface area (Å²) in [6.07, 6.45) is -3.44. The lowest BCUT2D eigenvalue weighted by atomic mass is 10.1. The van der Waals surface area contributed by atoms with Crippen molar-refractivity contribution in [2.75, 3.05) is 30.2 Å². The van der Waals surface area contributed by atoms with E-state index in [1.807, 2.05) is 25.1 Å². The molecule has 1 aromatic heterocycles. The van der Waals surface area contributed by atoms with E-state index >= 15 is 0 Å². The largest absolute Gasteiger partial charge is 0.573 e. The fourth-order valence-electron chi connectivity index (χ4n) is 4.40.